The first-order valence-electron chi connectivity index (χ1n) is 5.62. The van der Waals surface area contributed by atoms with Crippen molar-refractivity contribution in [2.24, 2.45) is 0 Å². The molecule has 1 saturated carbocycles. The molecule has 2 rings (SSSR count). The Balaban J connectivity index is 2.19. The third kappa shape index (κ3) is 2.45. The van der Waals surface area contributed by atoms with Crippen LogP contribution >= 0.6 is 15.9 Å². The van der Waals surface area contributed by atoms with E-state index in [-0.39, 0.29) is 11.1 Å². The van der Waals surface area contributed by atoms with Gasteiger partial charge < -0.3 is 10.3 Å². The molecular formula is C11H16BrN3O. The molecule has 2 N–H and O–H groups in total. The number of H-pyrrole nitrogens is 1. The minimum atomic E-state index is -0.142. The summed E-state index contributed by atoms with van der Waals surface area (Å²) in [6, 6.07) is 0. The Morgan fingerprint density at radius 1 is 1.44 bits per heavy atom. The summed E-state index contributed by atoms with van der Waals surface area (Å²) < 4.78 is 0.488. The molecule has 1 aliphatic carbocycles. The molecular weight excluding hydrogens is 270 g/mol. The summed E-state index contributed by atoms with van der Waals surface area (Å²) in [6.07, 6.45) is 7.49. The van der Waals surface area contributed by atoms with Crippen LogP contribution < -0.4 is 10.9 Å². The zero-order chi connectivity index (χ0) is 11.6. The first-order chi connectivity index (χ1) is 7.61. The average molecular weight is 286 g/mol. The highest BCUT2D eigenvalue weighted by atomic mass is 79.9. The zero-order valence-electron chi connectivity index (χ0n) is 9.35. The van der Waals surface area contributed by atoms with Crippen molar-refractivity contribution in [3.05, 3.63) is 21.2 Å². The zero-order valence-corrected chi connectivity index (χ0v) is 10.9. The van der Waals surface area contributed by atoms with Gasteiger partial charge in [-0.05, 0) is 35.7 Å². The monoisotopic (exact) mass is 285 g/mol. The first-order valence-corrected chi connectivity index (χ1v) is 6.41. The molecule has 88 valence electrons. The molecule has 4 nitrogen and oxygen atoms in total. The Bertz CT molecular complexity index is 423. The van der Waals surface area contributed by atoms with E-state index in [2.05, 4.69) is 38.1 Å². The second kappa shape index (κ2) is 4.57. The number of aromatic nitrogens is 2. The highest BCUT2D eigenvalue weighted by Crippen LogP contribution is 2.31. The third-order valence-electron chi connectivity index (χ3n) is 3.17. The molecule has 0 unspecified atom stereocenters. The van der Waals surface area contributed by atoms with Gasteiger partial charge in [0.25, 0.3) is 5.56 Å². The Kier molecular flexibility index (Phi) is 3.33. The van der Waals surface area contributed by atoms with Gasteiger partial charge in [0.1, 0.15) is 10.3 Å². The lowest BCUT2D eigenvalue weighted by Gasteiger charge is -2.35. The number of halogens is 1. The van der Waals surface area contributed by atoms with Crippen LogP contribution in [-0.2, 0) is 0 Å². The summed E-state index contributed by atoms with van der Waals surface area (Å²) in [4.78, 5) is 18.1. The molecule has 0 radical (unpaired) electrons. The Morgan fingerprint density at radius 3 is 2.81 bits per heavy atom. The second-order valence-electron chi connectivity index (χ2n) is 4.64. The fraction of sp³-hybridized carbons (Fsp3) is 0.636. The number of nitrogens with zero attached hydrogens (tertiary/aromatic N) is 1. The maximum Gasteiger partial charge on any atom is 0.267 e. The van der Waals surface area contributed by atoms with Crippen LogP contribution in [0.3, 0.4) is 0 Å². The quantitative estimate of drug-likeness (QED) is 0.878. The molecule has 0 aliphatic heterocycles. The van der Waals surface area contributed by atoms with Gasteiger partial charge in [-0.15, -0.1) is 0 Å². The van der Waals surface area contributed by atoms with Crippen LogP contribution in [0.1, 0.15) is 39.0 Å². The maximum atomic E-state index is 11.4. The lowest BCUT2D eigenvalue weighted by Crippen LogP contribution is -2.37. The van der Waals surface area contributed by atoms with E-state index in [1.54, 1.807) is 0 Å². The van der Waals surface area contributed by atoms with E-state index in [1.807, 2.05) is 0 Å². The van der Waals surface area contributed by atoms with E-state index in [0.29, 0.717) is 10.3 Å². The highest BCUT2D eigenvalue weighted by molar-refractivity contribution is 9.10. The first kappa shape index (κ1) is 11.6. The molecule has 0 saturated heterocycles. The van der Waals surface area contributed by atoms with Crippen molar-refractivity contribution in [2.45, 2.75) is 44.6 Å². The fourth-order valence-electron chi connectivity index (χ4n) is 2.21. The van der Waals surface area contributed by atoms with E-state index < -0.39 is 0 Å². The van der Waals surface area contributed by atoms with Crippen LogP contribution in [0.2, 0.25) is 0 Å². The van der Waals surface area contributed by atoms with Crippen LogP contribution in [0, 0.1) is 0 Å². The Morgan fingerprint density at radius 2 is 2.12 bits per heavy atom. The largest absolute Gasteiger partial charge is 0.364 e. The predicted molar refractivity (Wildman–Crippen MR) is 67.7 cm³/mol. The van der Waals surface area contributed by atoms with Crippen LogP contribution in [0.5, 0.6) is 0 Å². The molecule has 16 heavy (non-hydrogen) atoms. The number of anilines is 1. The molecule has 0 amide bonds. The van der Waals surface area contributed by atoms with Gasteiger partial charge in [-0.2, -0.15) is 0 Å². The molecule has 5 heteroatoms. The number of nitrogens with one attached hydrogen (secondary N) is 2. The minimum absolute atomic E-state index is 0.0710. The van der Waals surface area contributed by atoms with E-state index in [4.69, 9.17) is 0 Å². The number of rotatable bonds is 2. The molecule has 1 fully saturated rings. The SMILES string of the molecule is CC1(Nc2nc[nH]c(=O)c2Br)CCCCC1. The van der Waals surface area contributed by atoms with Gasteiger partial charge in [0.15, 0.2) is 0 Å². The summed E-state index contributed by atoms with van der Waals surface area (Å²) in [5.74, 6) is 0.646. The summed E-state index contributed by atoms with van der Waals surface area (Å²) in [5, 5.41) is 3.39. The molecule has 1 aliphatic rings. The van der Waals surface area contributed by atoms with Crippen LogP contribution in [-0.4, -0.2) is 15.5 Å². The molecule has 1 aromatic rings. The standard InChI is InChI=1S/C11H16BrN3O/c1-11(5-3-2-4-6-11)15-9-8(12)10(16)14-7-13-9/h7H,2-6H2,1H3,(H2,13,14,15,16). The molecule has 0 bridgehead atoms. The molecule has 1 heterocycles. The van der Waals surface area contributed by atoms with Crippen molar-refractivity contribution in [3.63, 3.8) is 0 Å². The summed E-state index contributed by atoms with van der Waals surface area (Å²) in [7, 11) is 0. The maximum absolute atomic E-state index is 11.4. The number of aromatic amines is 1. The van der Waals surface area contributed by atoms with Crippen LogP contribution in [0.15, 0.2) is 15.6 Å². The van der Waals surface area contributed by atoms with E-state index in [9.17, 15) is 4.79 Å². The van der Waals surface area contributed by atoms with Crippen molar-refractivity contribution in [3.8, 4) is 0 Å². The van der Waals surface area contributed by atoms with Crippen LogP contribution in [0.25, 0.3) is 0 Å². The van der Waals surface area contributed by atoms with Crippen molar-refractivity contribution in [2.75, 3.05) is 5.32 Å². The van der Waals surface area contributed by atoms with Crippen molar-refractivity contribution < 1.29 is 0 Å². The van der Waals surface area contributed by atoms with Crippen molar-refractivity contribution in [1.82, 2.24) is 9.97 Å². The number of hydrogen-bond acceptors (Lipinski definition) is 3. The Hall–Kier alpha value is -0.840. The van der Waals surface area contributed by atoms with E-state index in [0.717, 1.165) is 12.8 Å². The van der Waals surface area contributed by atoms with E-state index in [1.165, 1.54) is 25.6 Å². The highest BCUT2D eigenvalue weighted by Gasteiger charge is 2.27. The topological polar surface area (TPSA) is 57.8 Å². The van der Waals surface area contributed by atoms with Crippen LogP contribution in [0.4, 0.5) is 5.82 Å². The Labute approximate surface area is 103 Å². The lowest BCUT2D eigenvalue weighted by molar-refractivity contribution is 0.348. The third-order valence-corrected chi connectivity index (χ3v) is 3.91. The average Bonchev–Trinajstić information content (AvgIpc) is 2.26. The molecule has 0 atom stereocenters. The van der Waals surface area contributed by atoms with Gasteiger partial charge in [0.05, 0.1) is 6.33 Å². The predicted octanol–water partition coefficient (Wildman–Crippen LogP) is 2.67. The molecule has 0 aromatic carbocycles. The van der Waals surface area contributed by atoms with Gasteiger partial charge >= 0.3 is 0 Å². The van der Waals surface area contributed by atoms with Gasteiger partial charge in [-0.1, -0.05) is 19.3 Å². The van der Waals surface area contributed by atoms with Gasteiger partial charge in [-0.25, -0.2) is 4.98 Å². The minimum Gasteiger partial charge on any atom is -0.364 e. The van der Waals surface area contributed by atoms with Gasteiger partial charge in [0, 0.05) is 5.54 Å². The smallest absolute Gasteiger partial charge is 0.267 e. The molecule has 0 spiro atoms. The van der Waals surface area contributed by atoms with Gasteiger partial charge in [-0.3, -0.25) is 4.79 Å². The molecule has 1 aromatic heterocycles. The normalized spacial score (nSPS) is 19.4. The fourth-order valence-corrected chi connectivity index (χ4v) is 2.53. The summed E-state index contributed by atoms with van der Waals surface area (Å²) in [6.45, 7) is 2.20. The van der Waals surface area contributed by atoms with E-state index >= 15 is 0 Å². The van der Waals surface area contributed by atoms with Crippen molar-refractivity contribution in [1.29, 1.82) is 0 Å². The summed E-state index contributed by atoms with van der Waals surface area (Å²) in [5.41, 5.74) is -0.0708. The summed E-state index contributed by atoms with van der Waals surface area (Å²) >= 11 is 3.26. The second-order valence-corrected chi connectivity index (χ2v) is 5.43. The number of hydrogen-bond donors (Lipinski definition) is 2. The van der Waals surface area contributed by atoms with Crippen molar-refractivity contribution >= 4 is 21.7 Å². The van der Waals surface area contributed by atoms with Gasteiger partial charge in [0.2, 0.25) is 0 Å². The lowest BCUT2D eigenvalue weighted by atomic mass is 9.83.